The van der Waals surface area contributed by atoms with Crippen molar-refractivity contribution in [2.24, 2.45) is 5.92 Å². The predicted molar refractivity (Wildman–Crippen MR) is 97.1 cm³/mol. The lowest BCUT2D eigenvalue weighted by Gasteiger charge is -2.12. The summed E-state index contributed by atoms with van der Waals surface area (Å²) < 4.78 is 15.9. The van der Waals surface area contributed by atoms with Gasteiger partial charge in [-0.1, -0.05) is 6.07 Å². The molecule has 8 nitrogen and oxygen atoms in total. The molecule has 2 heterocycles. The van der Waals surface area contributed by atoms with Crippen molar-refractivity contribution in [3.63, 3.8) is 0 Å². The minimum absolute atomic E-state index is 0.126. The van der Waals surface area contributed by atoms with E-state index in [-0.39, 0.29) is 36.3 Å². The summed E-state index contributed by atoms with van der Waals surface area (Å²) in [5.41, 5.74) is 2.60. The van der Waals surface area contributed by atoms with E-state index >= 15 is 0 Å². The van der Waals surface area contributed by atoms with Crippen LogP contribution in [0.2, 0.25) is 0 Å². The quantitative estimate of drug-likeness (QED) is 0.513. The first kappa shape index (κ1) is 19.4. The highest BCUT2D eigenvalue weighted by Gasteiger charge is 2.30. The minimum Gasteiger partial charge on any atom is -0.437 e. The van der Waals surface area contributed by atoms with Gasteiger partial charge in [-0.25, -0.2) is 9.97 Å². The lowest BCUT2D eigenvalue weighted by atomic mass is 9.76. The largest absolute Gasteiger partial charge is 0.492 e. The van der Waals surface area contributed by atoms with Crippen LogP contribution < -0.4 is 10.2 Å². The molecule has 0 fully saturated rings. The molecule has 2 N–H and O–H groups in total. The first-order chi connectivity index (χ1) is 13.0. The van der Waals surface area contributed by atoms with Crippen LogP contribution >= 0.6 is 0 Å². The molecular weight excluding hydrogens is 351 g/mol. The van der Waals surface area contributed by atoms with Gasteiger partial charge < -0.3 is 24.3 Å². The first-order valence-corrected chi connectivity index (χ1v) is 8.58. The Labute approximate surface area is 157 Å². The summed E-state index contributed by atoms with van der Waals surface area (Å²) in [4.78, 5) is 20.5. The molecule has 0 bridgehead atoms. The zero-order valence-corrected chi connectivity index (χ0v) is 15.2. The molecule has 3 rings (SSSR count). The number of rotatable bonds is 8. The van der Waals surface area contributed by atoms with E-state index in [2.05, 4.69) is 9.97 Å². The molecule has 2 aromatic rings. The zero-order chi connectivity index (χ0) is 19.4. The normalized spacial score (nSPS) is 14.1. The van der Waals surface area contributed by atoms with E-state index in [9.17, 15) is 14.9 Å². The molecule has 0 unspecified atom stereocenters. The minimum atomic E-state index is -0.957. The molecule has 0 radical (unpaired) electrons. The molecule has 0 saturated heterocycles. The summed E-state index contributed by atoms with van der Waals surface area (Å²) >= 11 is 0. The Morgan fingerprint density at radius 3 is 2.85 bits per heavy atom. The Morgan fingerprint density at radius 1 is 1.37 bits per heavy atom. The van der Waals surface area contributed by atoms with Crippen molar-refractivity contribution in [1.29, 1.82) is 0 Å². The second-order valence-electron chi connectivity index (χ2n) is 6.40. The van der Waals surface area contributed by atoms with Crippen molar-refractivity contribution in [2.45, 2.75) is 20.0 Å². The van der Waals surface area contributed by atoms with Crippen molar-refractivity contribution < 1.29 is 29.1 Å². The van der Waals surface area contributed by atoms with E-state index in [4.69, 9.17) is 14.1 Å². The van der Waals surface area contributed by atoms with E-state index in [0.717, 1.165) is 11.1 Å². The monoisotopic (exact) mass is 372 g/mol. The number of carbonyl (C=O) groups excluding carboxylic acids is 1. The van der Waals surface area contributed by atoms with Gasteiger partial charge in [0, 0.05) is 26.1 Å². The number of carbonyl (C=O) groups is 1. The van der Waals surface area contributed by atoms with Gasteiger partial charge in [-0.05, 0) is 29.6 Å². The molecule has 1 aliphatic heterocycles. The van der Waals surface area contributed by atoms with E-state index in [1.807, 2.05) is 13.0 Å². The molecule has 1 atom stereocenters. The highest BCUT2D eigenvalue weighted by atomic mass is 16.5. The van der Waals surface area contributed by atoms with Crippen molar-refractivity contribution in [3.05, 3.63) is 41.3 Å². The van der Waals surface area contributed by atoms with E-state index in [1.54, 1.807) is 6.07 Å². The summed E-state index contributed by atoms with van der Waals surface area (Å²) in [6.07, 6.45) is 2.84. The molecule has 0 amide bonds. The van der Waals surface area contributed by atoms with Crippen LogP contribution in [-0.4, -0.2) is 53.3 Å². The van der Waals surface area contributed by atoms with Crippen molar-refractivity contribution in [1.82, 2.24) is 9.97 Å². The van der Waals surface area contributed by atoms with Crippen molar-refractivity contribution >= 4 is 18.4 Å². The van der Waals surface area contributed by atoms with Crippen molar-refractivity contribution in [3.8, 4) is 11.6 Å². The highest BCUT2D eigenvalue weighted by Crippen LogP contribution is 2.25. The highest BCUT2D eigenvalue weighted by molar-refractivity contribution is 6.62. The number of aliphatic hydroxyl groups excluding tert-OH is 1. The number of benzene rings is 1. The van der Waals surface area contributed by atoms with Gasteiger partial charge in [0.1, 0.15) is 11.4 Å². The summed E-state index contributed by atoms with van der Waals surface area (Å²) in [6.45, 7) is 2.36. The van der Waals surface area contributed by atoms with E-state index in [1.165, 1.54) is 19.5 Å². The summed E-state index contributed by atoms with van der Waals surface area (Å²) in [5, 5.41) is 19.2. The van der Waals surface area contributed by atoms with Gasteiger partial charge in [0.25, 0.3) is 0 Å². The first-order valence-electron chi connectivity index (χ1n) is 8.58. The molecule has 0 spiro atoms. The molecule has 1 aromatic carbocycles. The number of Topliss-reactive ketones (excluding diaryl/α,β-unsaturated/α-hetero) is 1. The van der Waals surface area contributed by atoms with Gasteiger partial charge in [-0.15, -0.1) is 0 Å². The van der Waals surface area contributed by atoms with Gasteiger partial charge >= 0.3 is 7.12 Å². The number of nitrogens with zero attached hydrogens (tertiary/aromatic N) is 2. The third-order valence-electron chi connectivity index (χ3n) is 4.46. The maximum Gasteiger partial charge on any atom is 0.492 e. The van der Waals surface area contributed by atoms with Crippen LogP contribution in [0, 0.1) is 12.8 Å². The van der Waals surface area contributed by atoms with Crippen LogP contribution in [0.25, 0.3) is 0 Å². The Hall–Kier alpha value is -2.33. The SMILES string of the molecule is COC[C@H](CO)CC(=O)c1cnc(Oc2ccc3c(c2C)B(O)OC3)cn1. The average molecular weight is 372 g/mol. The van der Waals surface area contributed by atoms with E-state index in [0.29, 0.717) is 24.4 Å². The van der Waals surface area contributed by atoms with Gasteiger partial charge in [0.2, 0.25) is 5.88 Å². The fraction of sp³-hybridized carbons (Fsp3) is 0.389. The third-order valence-corrected chi connectivity index (χ3v) is 4.46. The number of fused-ring (bicyclic) bond motifs is 1. The smallest absolute Gasteiger partial charge is 0.437 e. The number of aliphatic hydroxyl groups is 1. The third kappa shape index (κ3) is 4.33. The van der Waals surface area contributed by atoms with Gasteiger partial charge in [-0.3, -0.25) is 4.79 Å². The summed E-state index contributed by atoms with van der Waals surface area (Å²) in [7, 11) is 0.562. The summed E-state index contributed by atoms with van der Waals surface area (Å²) in [5.74, 6) is 0.271. The van der Waals surface area contributed by atoms with E-state index < -0.39 is 7.12 Å². The number of ketones is 1. The zero-order valence-electron chi connectivity index (χ0n) is 15.2. The average Bonchev–Trinajstić information content (AvgIpc) is 3.05. The maximum atomic E-state index is 12.2. The van der Waals surface area contributed by atoms with Crippen molar-refractivity contribution in [2.75, 3.05) is 20.3 Å². The predicted octanol–water partition coefficient (Wildman–Crippen LogP) is 0.623. The summed E-state index contributed by atoms with van der Waals surface area (Å²) in [6, 6.07) is 3.62. The molecule has 142 valence electrons. The molecular formula is C18H21BN2O6. The molecule has 0 saturated carbocycles. The fourth-order valence-electron chi connectivity index (χ4n) is 3.00. The van der Waals surface area contributed by atoms with Gasteiger partial charge in [0.05, 0.1) is 25.6 Å². The Kier molecular flexibility index (Phi) is 6.17. The second-order valence-corrected chi connectivity index (χ2v) is 6.40. The molecule has 1 aromatic heterocycles. The number of hydrogen-bond donors (Lipinski definition) is 2. The van der Waals surface area contributed by atoms with Crippen LogP contribution in [0.15, 0.2) is 24.5 Å². The number of hydrogen-bond acceptors (Lipinski definition) is 8. The fourth-order valence-corrected chi connectivity index (χ4v) is 3.00. The Morgan fingerprint density at radius 2 is 2.19 bits per heavy atom. The molecule has 0 aliphatic carbocycles. The van der Waals surface area contributed by atoms with Crippen LogP contribution in [0.5, 0.6) is 11.6 Å². The topological polar surface area (TPSA) is 111 Å². The number of ether oxygens (including phenoxy) is 2. The lowest BCUT2D eigenvalue weighted by Crippen LogP contribution is -2.30. The van der Waals surface area contributed by atoms with Gasteiger partial charge in [0.15, 0.2) is 5.78 Å². The Balaban J connectivity index is 1.70. The number of methoxy groups -OCH3 is 1. The molecule has 27 heavy (non-hydrogen) atoms. The molecule has 1 aliphatic rings. The van der Waals surface area contributed by atoms with Crippen LogP contribution in [0.4, 0.5) is 0 Å². The van der Waals surface area contributed by atoms with Crippen LogP contribution in [0.3, 0.4) is 0 Å². The lowest BCUT2D eigenvalue weighted by molar-refractivity contribution is 0.0800. The number of aromatic nitrogens is 2. The maximum absolute atomic E-state index is 12.2. The van der Waals surface area contributed by atoms with Crippen LogP contribution in [0.1, 0.15) is 28.0 Å². The second kappa shape index (κ2) is 8.58. The molecule has 9 heteroatoms. The Bertz CT molecular complexity index is 814. The standard InChI is InChI=1S/C18H21BN2O6/c1-11-16(4-3-13-10-26-19(24)18(11)13)27-17-7-20-14(6-21-17)15(23)5-12(8-22)9-25-2/h3-4,6-7,12,22,24H,5,8-10H2,1-2H3/t12-/m0/s1. The van der Waals surface area contributed by atoms with Crippen LogP contribution in [-0.2, 0) is 16.0 Å². The van der Waals surface area contributed by atoms with Gasteiger partial charge in [-0.2, -0.15) is 0 Å².